The zero-order chi connectivity index (χ0) is 13.1. The lowest BCUT2D eigenvalue weighted by Gasteiger charge is -2.14. The van der Waals surface area contributed by atoms with Crippen molar-refractivity contribution in [1.29, 1.82) is 0 Å². The smallest absolute Gasteiger partial charge is 0.345 e. The van der Waals surface area contributed by atoms with Crippen molar-refractivity contribution in [2.24, 2.45) is 0 Å². The first-order valence-corrected chi connectivity index (χ1v) is 5.95. The van der Waals surface area contributed by atoms with Gasteiger partial charge in [0.15, 0.2) is 0 Å². The minimum absolute atomic E-state index is 0.348. The zero-order valence-electron chi connectivity index (χ0n) is 10.3. The highest BCUT2D eigenvalue weighted by atomic mass is 32.1. The summed E-state index contributed by atoms with van der Waals surface area (Å²) in [6.45, 7) is 0. The van der Waals surface area contributed by atoms with Crippen LogP contribution in [0.2, 0.25) is 0 Å². The Morgan fingerprint density at radius 2 is 2.22 bits per heavy atom. The molecule has 1 aromatic heterocycles. The van der Waals surface area contributed by atoms with Crippen LogP contribution in [-0.2, 0) is 4.84 Å². The molecule has 0 aliphatic heterocycles. The number of hydroxylamine groups is 2. The molecule has 18 heavy (non-hydrogen) atoms. The summed E-state index contributed by atoms with van der Waals surface area (Å²) < 4.78 is 10.3. The molecule has 2 amide bonds. The lowest BCUT2D eigenvalue weighted by Crippen LogP contribution is -2.30. The maximum atomic E-state index is 11.6. The van der Waals surface area contributed by atoms with Crippen LogP contribution in [0.5, 0.6) is 5.88 Å². The molecule has 0 spiro atoms. The number of carbonyl (C=O) groups excluding carboxylic acids is 1. The number of aromatic nitrogens is 1. The van der Waals surface area contributed by atoms with Gasteiger partial charge in [-0.25, -0.2) is 9.86 Å². The third-order valence-electron chi connectivity index (χ3n) is 2.44. The molecular weight excluding hydrogens is 254 g/mol. The number of rotatable bonds is 3. The van der Waals surface area contributed by atoms with Crippen molar-refractivity contribution >= 4 is 33.3 Å². The van der Waals surface area contributed by atoms with Gasteiger partial charge < -0.3 is 10.1 Å². The molecule has 0 fully saturated rings. The third-order valence-corrected chi connectivity index (χ3v) is 3.25. The van der Waals surface area contributed by atoms with Gasteiger partial charge in [0.2, 0.25) is 5.88 Å². The number of fused-ring (bicyclic) bond motifs is 1. The van der Waals surface area contributed by atoms with Gasteiger partial charge in [0.1, 0.15) is 0 Å². The number of nitrogens with one attached hydrogen (secondary N) is 1. The highest BCUT2D eigenvalue weighted by Crippen LogP contribution is 2.30. The second kappa shape index (κ2) is 5.19. The number of methoxy groups -OCH3 is 1. The van der Waals surface area contributed by atoms with Crippen molar-refractivity contribution in [2.75, 3.05) is 26.6 Å². The van der Waals surface area contributed by atoms with E-state index in [0.717, 1.165) is 15.1 Å². The van der Waals surface area contributed by atoms with Crippen molar-refractivity contribution in [3.63, 3.8) is 0 Å². The van der Waals surface area contributed by atoms with Gasteiger partial charge in [-0.15, -0.1) is 0 Å². The molecule has 0 saturated carbocycles. The fourth-order valence-electron chi connectivity index (χ4n) is 1.43. The molecule has 1 aromatic carbocycles. The van der Waals surface area contributed by atoms with Crippen LogP contribution >= 0.6 is 11.5 Å². The molecule has 0 radical (unpaired) electrons. The monoisotopic (exact) mass is 267 g/mol. The number of amides is 2. The lowest BCUT2D eigenvalue weighted by atomic mass is 10.2. The van der Waals surface area contributed by atoms with Crippen molar-refractivity contribution in [1.82, 2.24) is 9.44 Å². The Balaban J connectivity index is 2.26. The molecule has 96 valence electrons. The summed E-state index contributed by atoms with van der Waals surface area (Å²) in [7, 11) is 4.52. The molecule has 2 aromatic rings. The first kappa shape index (κ1) is 12.6. The van der Waals surface area contributed by atoms with Crippen LogP contribution in [0.3, 0.4) is 0 Å². The first-order chi connectivity index (χ1) is 8.65. The van der Waals surface area contributed by atoms with Crippen LogP contribution in [0.1, 0.15) is 0 Å². The van der Waals surface area contributed by atoms with Crippen LogP contribution in [-0.4, -0.2) is 36.7 Å². The summed E-state index contributed by atoms with van der Waals surface area (Å²) >= 11 is 1.35. The molecule has 2 rings (SSSR count). The molecule has 0 aliphatic rings. The highest BCUT2D eigenvalue weighted by molar-refractivity contribution is 7.13. The van der Waals surface area contributed by atoms with Gasteiger partial charge in [-0.05, 0) is 29.7 Å². The Labute approximate surface area is 108 Å². The molecule has 1 N–H and O–H groups in total. The molecule has 6 nitrogen and oxygen atoms in total. The fraction of sp³-hybridized carbons (Fsp3) is 0.273. The number of ether oxygens (including phenoxy) is 1. The van der Waals surface area contributed by atoms with E-state index in [0.29, 0.717) is 11.6 Å². The van der Waals surface area contributed by atoms with Gasteiger partial charge in [-0.1, -0.05) is 0 Å². The van der Waals surface area contributed by atoms with E-state index in [2.05, 4.69) is 9.69 Å². The number of anilines is 1. The Kier molecular flexibility index (Phi) is 3.63. The predicted octanol–water partition coefficient (Wildman–Crippen LogP) is 2.33. The van der Waals surface area contributed by atoms with Crippen molar-refractivity contribution in [3.8, 4) is 5.88 Å². The SMILES string of the molecule is COc1nsc2ccc(NC(=O)N(C)OC)cc12. The van der Waals surface area contributed by atoms with E-state index in [1.807, 2.05) is 12.1 Å². The van der Waals surface area contributed by atoms with Crippen LogP contribution in [0.15, 0.2) is 18.2 Å². The minimum Gasteiger partial charge on any atom is -0.480 e. The maximum Gasteiger partial charge on any atom is 0.345 e. The van der Waals surface area contributed by atoms with Gasteiger partial charge in [0.05, 0.1) is 24.3 Å². The van der Waals surface area contributed by atoms with Gasteiger partial charge in [0, 0.05) is 12.7 Å². The lowest BCUT2D eigenvalue weighted by molar-refractivity contribution is -0.0598. The topological polar surface area (TPSA) is 63.7 Å². The molecule has 0 unspecified atom stereocenters. The summed E-state index contributed by atoms with van der Waals surface area (Å²) in [5.74, 6) is 0.561. The van der Waals surface area contributed by atoms with Gasteiger partial charge in [-0.2, -0.15) is 4.37 Å². The van der Waals surface area contributed by atoms with E-state index >= 15 is 0 Å². The van der Waals surface area contributed by atoms with Gasteiger partial charge >= 0.3 is 6.03 Å². The zero-order valence-corrected chi connectivity index (χ0v) is 11.1. The van der Waals surface area contributed by atoms with E-state index in [1.165, 1.54) is 25.7 Å². The number of nitrogens with zero attached hydrogens (tertiary/aromatic N) is 2. The summed E-state index contributed by atoms with van der Waals surface area (Å²) in [6.07, 6.45) is 0. The first-order valence-electron chi connectivity index (χ1n) is 5.18. The fourth-order valence-corrected chi connectivity index (χ4v) is 2.15. The molecule has 7 heteroatoms. The van der Waals surface area contributed by atoms with E-state index in [9.17, 15) is 4.79 Å². The maximum absolute atomic E-state index is 11.6. The standard InChI is InChI=1S/C11H13N3O3S/c1-14(17-3)11(15)12-7-4-5-9-8(6-7)10(16-2)13-18-9/h4-6H,1-3H3,(H,12,15). The van der Waals surface area contributed by atoms with Crippen LogP contribution < -0.4 is 10.1 Å². The normalized spacial score (nSPS) is 10.4. The number of urea groups is 1. The average Bonchev–Trinajstić information content (AvgIpc) is 2.79. The van der Waals surface area contributed by atoms with E-state index in [1.54, 1.807) is 13.2 Å². The summed E-state index contributed by atoms with van der Waals surface area (Å²) in [6, 6.07) is 5.16. The van der Waals surface area contributed by atoms with Crippen LogP contribution in [0, 0.1) is 0 Å². The minimum atomic E-state index is -0.348. The molecular formula is C11H13N3O3S. The Morgan fingerprint density at radius 1 is 1.44 bits per heavy atom. The highest BCUT2D eigenvalue weighted by Gasteiger charge is 2.10. The molecule has 0 saturated heterocycles. The summed E-state index contributed by atoms with van der Waals surface area (Å²) in [5.41, 5.74) is 0.662. The van der Waals surface area contributed by atoms with Crippen molar-refractivity contribution in [3.05, 3.63) is 18.2 Å². The van der Waals surface area contributed by atoms with Gasteiger partial charge in [0.25, 0.3) is 0 Å². The largest absolute Gasteiger partial charge is 0.480 e. The number of benzene rings is 1. The summed E-state index contributed by atoms with van der Waals surface area (Å²) in [4.78, 5) is 16.4. The van der Waals surface area contributed by atoms with Crippen molar-refractivity contribution < 1.29 is 14.4 Å². The second-order valence-electron chi connectivity index (χ2n) is 3.51. The van der Waals surface area contributed by atoms with Gasteiger partial charge in [-0.3, -0.25) is 4.84 Å². The van der Waals surface area contributed by atoms with E-state index in [4.69, 9.17) is 9.57 Å². The van der Waals surface area contributed by atoms with Crippen molar-refractivity contribution in [2.45, 2.75) is 0 Å². The molecule has 0 atom stereocenters. The third kappa shape index (κ3) is 2.36. The van der Waals surface area contributed by atoms with Crippen LogP contribution in [0.4, 0.5) is 10.5 Å². The van der Waals surface area contributed by atoms with E-state index in [-0.39, 0.29) is 6.03 Å². The van der Waals surface area contributed by atoms with Crippen LogP contribution in [0.25, 0.3) is 10.1 Å². The Morgan fingerprint density at radius 3 is 2.89 bits per heavy atom. The number of hydrogen-bond donors (Lipinski definition) is 1. The molecule has 1 heterocycles. The second-order valence-corrected chi connectivity index (χ2v) is 4.32. The summed E-state index contributed by atoms with van der Waals surface area (Å²) in [5, 5.41) is 4.69. The predicted molar refractivity (Wildman–Crippen MR) is 70.0 cm³/mol. The Bertz CT molecular complexity index is 570. The molecule has 0 aliphatic carbocycles. The average molecular weight is 267 g/mol. The quantitative estimate of drug-likeness (QED) is 0.867. The number of carbonyl (C=O) groups is 1. The Hall–Kier alpha value is -1.86. The number of hydrogen-bond acceptors (Lipinski definition) is 5. The molecule has 0 bridgehead atoms. The van der Waals surface area contributed by atoms with E-state index < -0.39 is 0 Å².